The predicted molar refractivity (Wildman–Crippen MR) is 127 cm³/mol. The molecule has 1 aliphatic rings. The Morgan fingerprint density at radius 2 is 2.12 bits per heavy atom. The third kappa shape index (κ3) is 4.76. The number of anilines is 2. The fourth-order valence-electron chi connectivity index (χ4n) is 3.80. The van der Waals surface area contributed by atoms with Crippen LogP contribution < -0.4 is 10.6 Å². The lowest BCUT2D eigenvalue weighted by Crippen LogP contribution is -2.30. The maximum atomic E-state index is 12.2. The van der Waals surface area contributed by atoms with Crippen LogP contribution in [0.15, 0.2) is 48.2 Å². The first-order valence-electron chi connectivity index (χ1n) is 10.7. The summed E-state index contributed by atoms with van der Waals surface area (Å²) in [6.45, 7) is 5.24. The number of benzene rings is 1. The number of hydrogen-bond donors (Lipinski definition) is 2. The molecule has 0 fully saturated rings. The van der Waals surface area contributed by atoms with Gasteiger partial charge < -0.3 is 10.6 Å². The van der Waals surface area contributed by atoms with Crippen LogP contribution in [0.4, 0.5) is 11.8 Å². The van der Waals surface area contributed by atoms with Crippen molar-refractivity contribution in [3.63, 3.8) is 0 Å². The van der Waals surface area contributed by atoms with Gasteiger partial charge in [-0.25, -0.2) is 9.97 Å². The Morgan fingerprint density at radius 3 is 2.94 bits per heavy atom. The second-order valence-corrected chi connectivity index (χ2v) is 8.95. The monoisotopic (exact) mass is 460 g/mol. The molecule has 1 aromatic carbocycles. The molecule has 0 saturated carbocycles. The highest BCUT2D eigenvalue weighted by molar-refractivity contribution is 7.11. The molecule has 33 heavy (non-hydrogen) atoms. The quantitative estimate of drug-likeness (QED) is 0.456. The summed E-state index contributed by atoms with van der Waals surface area (Å²) < 4.78 is 2.03. The molecule has 4 heterocycles. The second kappa shape index (κ2) is 9.08. The maximum absolute atomic E-state index is 12.2. The van der Waals surface area contributed by atoms with E-state index in [1.165, 1.54) is 17.0 Å². The molecule has 0 radical (unpaired) electrons. The van der Waals surface area contributed by atoms with Crippen molar-refractivity contribution in [2.24, 2.45) is 0 Å². The van der Waals surface area contributed by atoms with Gasteiger partial charge in [-0.1, -0.05) is 12.1 Å². The number of aryl methyl sites for hydroxylation is 1. The Labute approximate surface area is 195 Å². The van der Waals surface area contributed by atoms with E-state index >= 15 is 0 Å². The minimum absolute atomic E-state index is 0.111. The van der Waals surface area contributed by atoms with Gasteiger partial charge in [0.25, 0.3) is 5.91 Å². The maximum Gasteiger partial charge on any atom is 0.263 e. The van der Waals surface area contributed by atoms with Crippen LogP contribution in [-0.2, 0) is 19.6 Å². The van der Waals surface area contributed by atoms with Crippen LogP contribution in [0, 0.1) is 6.92 Å². The van der Waals surface area contributed by atoms with Crippen molar-refractivity contribution in [3.05, 3.63) is 69.9 Å². The van der Waals surface area contributed by atoms with E-state index in [9.17, 15) is 4.79 Å². The van der Waals surface area contributed by atoms with E-state index < -0.39 is 0 Å². The second-order valence-electron chi connectivity index (χ2n) is 8.06. The average Bonchev–Trinajstić information content (AvgIpc) is 3.48. The summed E-state index contributed by atoms with van der Waals surface area (Å²) >= 11 is 1.33. The number of carbonyl (C=O) groups is 1. The molecular formula is C23H24N8OS. The summed E-state index contributed by atoms with van der Waals surface area (Å²) in [4.78, 5) is 28.0. The first-order chi connectivity index (χ1) is 16.0. The highest BCUT2D eigenvalue weighted by atomic mass is 32.1. The average molecular weight is 461 g/mol. The summed E-state index contributed by atoms with van der Waals surface area (Å²) in [5.41, 5.74) is 6.77. The van der Waals surface area contributed by atoms with Crippen LogP contribution in [0.3, 0.4) is 0 Å². The van der Waals surface area contributed by atoms with Crippen LogP contribution in [0.1, 0.15) is 26.5 Å². The first kappa shape index (κ1) is 21.2. The lowest BCUT2D eigenvalue weighted by molar-refractivity contribution is 0.0954. The van der Waals surface area contributed by atoms with Crippen LogP contribution in [0.2, 0.25) is 0 Å². The third-order valence-corrected chi connectivity index (χ3v) is 6.39. The predicted octanol–water partition coefficient (Wildman–Crippen LogP) is 3.22. The molecule has 4 aromatic rings. The molecule has 5 rings (SSSR count). The number of aromatic nitrogens is 5. The molecular weight excluding hydrogens is 436 g/mol. The van der Waals surface area contributed by atoms with Gasteiger partial charge in [0.2, 0.25) is 5.95 Å². The van der Waals surface area contributed by atoms with Gasteiger partial charge in [-0.3, -0.25) is 19.4 Å². The van der Waals surface area contributed by atoms with E-state index in [4.69, 9.17) is 0 Å². The van der Waals surface area contributed by atoms with Crippen LogP contribution in [-0.4, -0.2) is 49.1 Å². The van der Waals surface area contributed by atoms with Gasteiger partial charge in [0.1, 0.15) is 4.88 Å². The Hall–Kier alpha value is -3.63. The summed E-state index contributed by atoms with van der Waals surface area (Å²) in [5, 5.41) is 10.8. The van der Waals surface area contributed by atoms with E-state index in [1.807, 2.05) is 35.9 Å². The fourth-order valence-corrected chi connectivity index (χ4v) is 4.33. The lowest BCUT2D eigenvalue weighted by atomic mass is 10.0. The van der Waals surface area contributed by atoms with Crippen molar-refractivity contribution in [2.75, 3.05) is 18.9 Å². The SMILES string of the molecule is Cc1cc(-c2ccnc(Nc3cc4n(n3)CCN(C)C4)n2)ccc1CNC(=O)c1cncs1. The minimum atomic E-state index is -0.111. The largest absolute Gasteiger partial charge is 0.347 e. The number of carbonyl (C=O) groups excluding carboxylic acids is 1. The molecule has 3 aromatic heterocycles. The molecule has 1 aliphatic heterocycles. The van der Waals surface area contributed by atoms with E-state index in [-0.39, 0.29) is 5.91 Å². The van der Waals surface area contributed by atoms with Crippen molar-refractivity contribution in [2.45, 2.75) is 26.6 Å². The smallest absolute Gasteiger partial charge is 0.263 e. The number of nitrogens with one attached hydrogen (secondary N) is 2. The first-order valence-corrected chi connectivity index (χ1v) is 11.5. The van der Waals surface area contributed by atoms with Crippen LogP contribution in [0.25, 0.3) is 11.3 Å². The standard InChI is InChI=1S/C23H24N8OS/c1-15-9-16(3-4-17(15)11-26-22(32)20-12-24-14-33-20)19-5-6-25-23(27-19)28-21-10-18-13-30(2)7-8-31(18)29-21/h3-6,9-10,12,14H,7-8,11,13H2,1-2H3,(H,26,32)(H,25,27,28,29). The Kier molecular flexibility index (Phi) is 5.84. The number of thiazole rings is 1. The molecule has 0 atom stereocenters. The van der Waals surface area contributed by atoms with Gasteiger partial charge in [0.05, 0.1) is 29.6 Å². The Balaban J connectivity index is 1.28. The van der Waals surface area contributed by atoms with Gasteiger partial charge in [-0.2, -0.15) is 5.10 Å². The normalized spacial score (nSPS) is 13.5. The van der Waals surface area contributed by atoms with Crippen molar-refractivity contribution in [1.29, 1.82) is 0 Å². The highest BCUT2D eigenvalue weighted by Gasteiger charge is 2.16. The van der Waals surface area contributed by atoms with Crippen molar-refractivity contribution in [3.8, 4) is 11.3 Å². The number of rotatable bonds is 6. The van der Waals surface area contributed by atoms with Crippen molar-refractivity contribution < 1.29 is 4.79 Å². The molecule has 168 valence electrons. The fraction of sp³-hybridized carbons (Fsp3) is 0.261. The van der Waals surface area contributed by atoms with Crippen molar-refractivity contribution in [1.82, 2.24) is 34.9 Å². The third-order valence-electron chi connectivity index (χ3n) is 5.62. The van der Waals surface area contributed by atoms with Crippen molar-refractivity contribution >= 4 is 29.0 Å². The lowest BCUT2D eigenvalue weighted by Gasteiger charge is -2.22. The van der Waals surface area contributed by atoms with E-state index in [0.717, 1.165) is 47.8 Å². The van der Waals surface area contributed by atoms with E-state index in [2.05, 4.69) is 48.7 Å². The summed E-state index contributed by atoms with van der Waals surface area (Å²) in [6, 6.07) is 10.0. The molecule has 0 spiro atoms. The number of nitrogens with zero attached hydrogens (tertiary/aromatic N) is 6. The zero-order valence-corrected chi connectivity index (χ0v) is 19.3. The highest BCUT2D eigenvalue weighted by Crippen LogP contribution is 2.23. The zero-order chi connectivity index (χ0) is 22.8. The number of hydrogen-bond acceptors (Lipinski definition) is 8. The molecule has 0 unspecified atom stereocenters. The van der Waals surface area contributed by atoms with Crippen LogP contribution >= 0.6 is 11.3 Å². The number of fused-ring (bicyclic) bond motifs is 1. The van der Waals surface area contributed by atoms with Crippen LogP contribution in [0.5, 0.6) is 0 Å². The van der Waals surface area contributed by atoms with Gasteiger partial charge in [-0.15, -0.1) is 11.3 Å². The number of amides is 1. The molecule has 10 heteroatoms. The summed E-state index contributed by atoms with van der Waals surface area (Å²) in [6.07, 6.45) is 3.32. The number of likely N-dealkylation sites (N-methyl/N-ethyl adjacent to an activating group) is 1. The van der Waals surface area contributed by atoms with Gasteiger partial charge in [0, 0.05) is 37.5 Å². The summed E-state index contributed by atoms with van der Waals surface area (Å²) in [5.74, 6) is 1.15. The molecule has 0 saturated heterocycles. The molecule has 1 amide bonds. The van der Waals surface area contributed by atoms with Gasteiger partial charge in [-0.05, 0) is 37.2 Å². The van der Waals surface area contributed by atoms with Gasteiger partial charge in [0.15, 0.2) is 5.82 Å². The van der Waals surface area contributed by atoms with Gasteiger partial charge >= 0.3 is 0 Å². The van der Waals surface area contributed by atoms with E-state index in [0.29, 0.717) is 17.4 Å². The molecule has 9 nitrogen and oxygen atoms in total. The zero-order valence-electron chi connectivity index (χ0n) is 18.4. The topological polar surface area (TPSA) is 101 Å². The molecule has 0 aliphatic carbocycles. The molecule has 2 N–H and O–H groups in total. The minimum Gasteiger partial charge on any atom is -0.347 e. The summed E-state index contributed by atoms with van der Waals surface area (Å²) in [7, 11) is 2.11. The van der Waals surface area contributed by atoms with E-state index in [1.54, 1.807) is 17.9 Å². The Morgan fingerprint density at radius 1 is 1.21 bits per heavy atom. The Bertz CT molecular complexity index is 1280. The molecule has 0 bridgehead atoms.